The Labute approximate surface area is 220 Å². The number of aromatic nitrogens is 2. The average Bonchev–Trinajstić information content (AvgIpc) is 3.52. The molecule has 0 radical (unpaired) electrons. The molecule has 0 saturated heterocycles. The Hall–Kier alpha value is -5.04. The number of nitrogens with one attached hydrogen (secondary N) is 1. The molecule has 7 nitrogen and oxygen atoms in total. The molecule has 0 aliphatic rings. The summed E-state index contributed by atoms with van der Waals surface area (Å²) in [5.41, 5.74) is 4.07. The predicted molar refractivity (Wildman–Crippen MR) is 145 cm³/mol. The van der Waals surface area contributed by atoms with Crippen molar-refractivity contribution in [1.82, 2.24) is 15.5 Å². The quantitative estimate of drug-likeness (QED) is 0.281. The summed E-state index contributed by atoms with van der Waals surface area (Å²) in [6, 6.07) is 30.8. The third kappa shape index (κ3) is 5.37. The van der Waals surface area contributed by atoms with Crippen LogP contribution in [0.1, 0.15) is 40.7 Å². The van der Waals surface area contributed by atoms with Crippen molar-refractivity contribution in [3.63, 3.8) is 0 Å². The zero-order valence-corrected chi connectivity index (χ0v) is 20.8. The van der Waals surface area contributed by atoms with Crippen molar-refractivity contribution in [1.29, 1.82) is 0 Å². The summed E-state index contributed by atoms with van der Waals surface area (Å²) in [6.07, 6.45) is 4.62. The molecule has 2 heterocycles. The van der Waals surface area contributed by atoms with Crippen molar-refractivity contribution < 1.29 is 14.1 Å². The molecular formula is C31H26N4O3. The van der Waals surface area contributed by atoms with Crippen LogP contribution in [0.3, 0.4) is 0 Å². The van der Waals surface area contributed by atoms with Crippen molar-refractivity contribution in [3.8, 4) is 11.1 Å². The Morgan fingerprint density at radius 2 is 1.42 bits per heavy atom. The molecule has 1 N–H and O–H groups in total. The summed E-state index contributed by atoms with van der Waals surface area (Å²) in [6.45, 7) is 1.91. The van der Waals surface area contributed by atoms with Gasteiger partial charge < -0.3 is 9.84 Å². The van der Waals surface area contributed by atoms with E-state index in [0.29, 0.717) is 11.3 Å². The molecule has 2 atom stereocenters. The van der Waals surface area contributed by atoms with Crippen LogP contribution < -0.4 is 10.2 Å². The van der Waals surface area contributed by atoms with Gasteiger partial charge in [0.2, 0.25) is 11.7 Å². The van der Waals surface area contributed by atoms with Crippen LogP contribution in [0.2, 0.25) is 0 Å². The van der Waals surface area contributed by atoms with E-state index in [-0.39, 0.29) is 17.7 Å². The fourth-order valence-corrected chi connectivity index (χ4v) is 4.35. The Bertz CT molecular complexity index is 1470. The van der Waals surface area contributed by atoms with Gasteiger partial charge in [-0.1, -0.05) is 84.0 Å². The zero-order valence-electron chi connectivity index (χ0n) is 20.8. The summed E-state index contributed by atoms with van der Waals surface area (Å²) in [7, 11) is 0. The number of anilines is 1. The molecular weight excluding hydrogens is 476 g/mol. The number of pyridine rings is 1. The molecule has 2 amide bonds. The smallest absolute Gasteiger partial charge is 0.297 e. The molecule has 0 spiro atoms. The van der Waals surface area contributed by atoms with Gasteiger partial charge in [-0.25, -0.2) is 0 Å². The number of nitrogens with zero attached hydrogens (tertiary/aromatic N) is 3. The molecule has 0 aliphatic carbocycles. The van der Waals surface area contributed by atoms with Crippen LogP contribution >= 0.6 is 0 Å². The van der Waals surface area contributed by atoms with Crippen LogP contribution in [0.25, 0.3) is 11.1 Å². The van der Waals surface area contributed by atoms with Crippen molar-refractivity contribution >= 4 is 17.5 Å². The fraction of sp³-hybridized carbons (Fsp3) is 0.0968. The Kier molecular flexibility index (Phi) is 7.36. The first kappa shape index (κ1) is 24.6. The summed E-state index contributed by atoms with van der Waals surface area (Å²) >= 11 is 0. The van der Waals surface area contributed by atoms with Gasteiger partial charge in [0.15, 0.2) is 0 Å². The highest BCUT2D eigenvalue weighted by Crippen LogP contribution is 2.32. The number of carbonyl (C=O) groups is 2. The third-order valence-corrected chi connectivity index (χ3v) is 6.29. The minimum absolute atomic E-state index is 0.0231. The van der Waals surface area contributed by atoms with E-state index in [1.165, 1.54) is 17.2 Å². The lowest BCUT2D eigenvalue weighted by Crippen LogP contribution is -2.44. The lowest BCUT2D eigenvalue weighted by atomic mass is 10.0. The number of rotatable bonds is 8. The van der Waals surface area contributed by atoms with Crippen molar-refractivity contribution in [3.05, 3.63) is 139 Å². The van der Waals surface area contributed by atoms with Gasteiger partial charge in [-0.3, -0.25) is 19.5 Å². The lowest BCUT2D eigenvalue weighted by molar-refractivity contribution is -0.123. The SMILES string of the molecule is C[C@H](NC(=O)C(c1cccnc1)N(C(=O)c1ccno1)c1ccc(-c2ccccc2)cc1)c1ccccc1. The van der Waals surface area contributed by atoms with Crippen LogP contribution in [0.4, 0.5) is 5.69 Å². The number of hydrogen-bond donors (Lipinski definition) is 1. The van der Waals surface area contributed by atoms with Crippen molar-refractivity contribution in [2.75, 3.05) is 4.90 Å². The molecule has 7 heteroatoms. The topological polar surface area (TPSA) is 88.3 Å². The predicted octanol–water partition coefficient (Wildman–Crippen LogP) is 6.00. The minimum atomic E-state index is -1.02. The number of carbonyl (C=O) groups excluding carboxylic acids is 2. The molecule has 3 aromatic carbocycles. The first-order valence-electron chi connectivity index (χ1n) is 12.3. The van der Waals surface area contributed by atoms with Crippen molar-refractivity contribution in [2.45, 2.75) is 19.0 Å². The number of hydrogen-bond acceptors (Lipinski definition) is 5. The van der Waals surface area contributed by atoms with Gasteiger partial charge in [0.25, 0.3) is 5.91 Å². The van der Waals surface area contributed by atoms with Crippen LogP contribution in [0, 0.1) is 0 Å². The van der Waals surface area contributed by atoms with E-state index >= 15 is 0 Å². The van der Waals surface area contributed by atoms with Gasteiger partial charge in [-0.05, 0) is 41.8 Å². The fourth-order valence-electron chi connectivity index (χ4n) is 4.35. The molecule has 5 rings (SSSR count). The summed E-state index contributed by atoms with van der Waals surface area (Å²) in [4.78, 5) is 33.4. The summed E-state index contributed by atoms with van der Waals surface area (Å²) < 4.78 is 5.22. The molecule has 1 unspecified atom stereocenters. The van der Waals surface area contributed by atoms with Crippen LogP contribution in [0.15, 0.2) is 126 Å². The second-order valence-corrected chi connectivity index (χ2v) is 8.79. The first-order valence-corrected chi connectivity index (χ1v) is 12.3. The van der Waals surface area contributed by atoms with Gasteiger partial charge in [0.05, 0.1) is 12.2 Å². The average molecular weight is 503 g/mol. The highest BCUT2D eigenvalue weighted by Gasteiger charge is 2.35. The largest absolute Gasteiger partial charge is 0.351 e. The monoisotopic (exact) mass is 502 g/mol. The maximum atomic E-state index is 13.9. The normalized spacial score (nSPS) is 12.3. The van der Waals surface area contributed by atoms with E-state index in [1.54, 1.807) is 24.5 Å². The van der Waals surface area contributed by atoms with Crippen LogP contribution in [0.5, 0.6) is 0 Å². The molecule has 0 saturated carbocycles. The van der Waals surface area contributed by atoms with Gasteiger partial charge in [-0.15, -0.1) is 0 Å². The van der Waals surface area contributed by atoms with Crippen molar-refractivity contribution in [2.24, 2.45) is 0 Å². The maximum Gasteiger partial charge on any atom is 0.297 e. The van der Waals surface area contributed by atoms with Crippen LogP contribution in [-0.4, -0.2) is 22.0 Å². The summed E-state index contributed by atoms with van der Waals surface area (Å²) in [5, 5.41) is 6.78. The third-order valence-electron chi connectivity index (χ3n) is 6.29. The molecule has 0 fully saturated rings. The highest BCUT2D eigenvalue weighted by molar-refractivity contribution is 6.08. The molecule has 0 aliphatic heterocycles. The van der Waals surface area contributed by atoms with E-state index in [1.807, 2.05) is 91.9 Å². The lowest BCUT2D eigenvalue weighted by Gasteiger charge is -2.31. The first-order chi connectivity index (χ1) is 18.6. The molecule has 0 bridgehead atoms. The Balaban J connectivity index is 1.56. The molecule has 38 heavy (non-hydrogen) atoms. The van der Waals surface area contributed by atoms with Crippen LogP contribution in [-0.2, 0) is 4.79 Å². The van der Waals surface area contributed by atoms with Gasteiger partial charge in [0, 0.05) is 29.7 Å². The zero-order chi connectivity index (χ0) is 26.3. The molecule has 2 aromatic heterocycles. The Morgan fingerprint density at radius 1 is 0.763 bits per heavy atom. The second kappa shape index (κ2) is 11.3. The van der Waals surface area contributed by atoms with E-state index in [4.69, 9.17) is 4.52 Å². The van der Waals surface area contributed by atoms with E-state index in [2.05, 4.69) is 15.5 Å². The molecule has 5 aromatic rings. The molecule has 188 valence electrons. The van der Waals surface area contributed by atoms with Gasteiger partial charge in [0.1, 0.15) is 6.04 Å². The Morgan fingerprint density at radius 3 is 2.05 bits per heavy atom. The number of amides is 2. The number of benzene rings is 3. The maximum absolute atomic E-state index is 13.9. The van der Waals surface area contributed by atoms with E-state index < -0.39 is 11.9 Å². The van der Waals surface area contributed by atoms with E-state index in [9.17, 15) is 9.59 Å². The standard InChI is InChI=1S/C31H26N4O3/c1-22(23-9-4-2-5-10-23)34-30(36)29(26-13-8-19-32-21-26)35(31(37)28-18-20-33-38-28)27-16-14-25(15-17-27)24-11-6-3-7-12-24/h2-22,29H,1H3,(H,34,36)/t22-,29?/m0/s1. The highest BCUT2D eigenvalue weighted by atomic mass is 16.5. The van der Waals surface area contributed by atoms with E-state index in [0.717, 1.165) is 16.7 Å². The minimum Gasteiger partial charge on any atom is -0.351 e. The van der Waals surface area contributed by atoms with Gasteiger partial charge >= 0.3 is 0 Å². The summed E-state index contributed by atoms with van der Waals surface area (Å²) in [5.74, 6) is -0.824. The van der Waals surface area contributed by atoms with Gasteiger partial charge in [-0.2, -0.15) is 0 Å². The second-order valence-electron chi connectivity index (χ2n) is 8.79.